The zero-order valence-electron chi connectivity index (χ0n) is 12.7. The van der Waals surface area contributed by atoms with Crippen LogP contribution in [0.15, 0.2) is 18.2 Å². The summed E-state index contributed by atoms with van der Waals surface area (Å²) >= 11 is 0. The number of ether oxygens (including phenoxy) is 1. The lowest BCUT2D eigenvalue weighted by Crippen LogP contribution is -2.47. The van der Waals surface area contributed by atoms with E-state index in [-0.39, 0.29) is 23.5 Å². The van der Waals surface area contributed by atoms with Gasteiger partial charge >= 0.3 is 6.18 Å². The number of hydrogen-bond acceptors (Lipinski definition) is 2. The maximum Gasteiger partial charge on any atom is 0.416 e. The Morgan fingerprint density at radius 3 is 2.41 bits per heavy atom. The molecule has 2 aliphatic rings. The third-order valence-corrected chi connectivity index (χ3v) is 4.66. The van der Waals surface area contributed by atoms with Crippen LogP contribution in [0.2, 0.25) is 0 Å². The molecule has 1 saturated carbocycles. The molecule has 0 aromatic heterocycles. The molecule has 120 valence electrons. The highest BCUT2D eigenvalue weighted by molar-refractivity contribution is 6.00. The minimum Gasteiger partial charge on any atom is -0.486 e. The fraction of sp³-hybridized carbons (Fsp3) is 0.588. The number of hydrogen-bond donors (Lipinski definition) is 0. The lowest BCUT2D eigenvalue weighted by atomic mass is 9.70. The summed E-state index contributed by atoms with van der Waals surface area (Å²) in [5, 5.41) is 0. The van der Waals surface area contributed by atoms with Gasteiger partial charge in [-0.15, -0.1) is 0 Å². The molecule has 1 heterocycles. The maximum atomic E-state index is 12.9. The number of Topliss-reactive ketones (excluding diaryl/α,β-unsaturated/α-hetero) is 1. The molecule has 1 aliphatic heterocycles. The fourth-order valence-corrected chi connectivity index (χ4v) is 4.11. The van der Waals surface area contributed by atoms with Gasteiger partial charge in [-0.1, -0.05) is 13.8 Å². The van der Waals surface area contributed by atoms with Crippen LogP contribution in [-0.4, -0.2) is 11.4 Å². The van der Waals surface area contributed by atoms with Crippen LogP contribution in [0.3, 0.4) is 0 Å². The van der Waals surface area contributed by atoms with Crippen LogP contribution in [-0.2, 0) is 6.18 Å². The molecule has 2 atom stereocenters. The van der Waals surface area contributed by atoms with E-state index in [1.54, 1.807) is 0 Å². The molecule has 2 nitrogen and oxygen atoms in total. The van der Waals surface area contributed by atoms with Crippen LogP contribution in [0.25, 0.3) is 0 Å². The van der Waals surface area contributed by atoms with E-state index in [1.807, 2.05) is 0 Å². The van der Waals surface area contributed by atoms with Gasteiger partial charge in [-0.25, -0.2) is 0 Å². The second-order valence-electron chi connectivity index (χ2n) is 6.95. The van der Waals surface area contributed by atoms with Crippen molar-refractivity contribution in [2.24, 2.45) is 11.8 Å². The molecule has 3 rings (SSSR count). The highest BCUT2D eigenvalue weighted by Crippen LogP contribution is 2.46. The van der Waals surface area contributed by atoms with Crippen LogP contribution < -0.4 is 4.74 Å². The molecular formula is C17H19F3O2. The summed E-state index contributed by atoms with van der Waals surface area (Å²) in [6.07, 6.45) is -1.66. The Hall–Kier alpha value is -1.52. The minimum atomic E-state index is -4.43. The predicted octanol–water partition coefficient (Wildman–Crippen LogP) is 4.87. The number of fused-ring (bicyclic) bond motifs is 1. The maximum absolute atomic E-state index is 12.9. The molecule has 0 radical (unpaired) electrons. The smallest absolute Gasteiger partial charge is 0.416 e. The van der Waals surface area contributed by atoms with Gasteiger partial charge in [0.25, 0.3) is 0 Å². The van der Waals surface area contributed by atoms with E-state index in [9.17, 15) is 18.0 Å². The molecule has 1 aromatic rings. The largest absolute Gasteiger partial charge is 0.486 e. The standard InChI is InChI=1S/C17H19F3O2/c1-10-5-11(2)8-16(7-10)9-14(21)13-4-3-12(17(18,19)20)6-15(13)22-16/h3-4,6,10-11H,5,7-9H2,1-2H3. The summed E-state index contributed by atoms with van der Waals surface area (Å²) in [6.45, 7) is 4.21. The Labute approximate surface area is 127 Å². The quantitative estimate of drug-likeness (QED) is 0.683. The molecule has 0 bridgehead atoms. The van der Waals surface area contributed by atoms with Crippen LogP contribution in [0.5, 0.6) is 5.75 Å². The molecule has 1 spiro atoms. The number of rotatable bonds is 0. The number of ketones is 1. The lowest BCUT2D eigenvalue weighted by molar-refractivity contribution is -0.137. The van der Waals surface area contributed by atoms with Crippen molar-refractivity contribution in [3.05, 3.63) is 29.3 Å². The van der Waals surface area contributed by atoms with Gasteiger partial charge in [-0.3, -0.25) is 4.79 Å². The van der Waals surface area contributed by atoms with Crippen molar-refractivity contribution in [3.8, 4) is 5.75 Å². The first-order valence-electron chi connectivity index (χ1n) is 7.62. The summed E-state index contributed by atoms with van der Waals surface area (Å²) in [5.41, 5.74) is -1.14. The summed E-state index contributed by atoms with van der Waals surface area (Å²) in [6, 6.07) is 3.16. The highest BCUT2D eigenvalue weighted by Gasteiger charge is 2.45. The summed E-state index contributed by atoms with van der Waals surface area (Å²) in [4.78, 5) is 12.4. The third-order valence-electron chi connectivity index (χ3n) is 4.66. The fourth-order valence-electron chi connectivity index (χ4n) is 4.11. The molecule has 22 heavy (non-hydrogen) atoms. The van der Waals surface area contributed by atoms with Gasteiger partial charge in [0.2, 0.25) is 0 Å². The molecule has 0 saturated heterocycles. The summed E-state index contributed by atoms with van der Waals surface area (Å²) in [7, 11) is 0. The molecule has 1 aliphatic carbocycles. The summed E-state index contributed by atoms with van der Waals surface area (Å²) < 4.78 is 44.6. The van der Waals surface area contributed by atoms with Crippen molar-refractivity contribution >= 4 is 5.78 Å². The Balaban J connectivity index is 1.98. The number of carbonyl (C=O) groups is 1. The Morgan fingerprint density at radius 2 is 1.82 bits per heavy atom. The average molecular weight is 312 g/mol. The summed E-state index contributed by atoms with van der Waals surface area (Å²) in [5.74, 6) is 0.788. The first kappa shape index (κ1) is 15.4. The monoisotopic (exact) mass is 312 g/mol. The normalized spacial score (nSPS) is 31.8. The van der Waals surface area contributed by atoms with Gasteiger partial charge in [0.15, 0.2) is 5.78 Å². The molecule has 0 N–H and O–H groups in total. The van der Waals surface area contributed by atoms with Crippen molar-refractivity contribution < 1.29 is 22.7 Å². The molecule has 1 aromatic carbocycles. The van der Waals surface area contributed by atoms with E-state index in [2.05, 4.69) is 13.8 Å². The Kier molecular flexibility index (Phi) is 3.49. The first-order valence-corrected chi connectivity index (χ1v) is 7.62. The number of halogens is 3. The zero-order valence-corrected chi connectivity index (χ0v) is 12.7. The second kappa shape index (κ2) is 5.00. The van der Waals surface area contributed by atoms with Gasteiger partial charge < -0.3 is 4.74 Å². The van der Waals surface area contributed by atoms with Crippen molar-refractivity contribution in [3.63, 3.8) is 0 Å². The lowest BCUT2D eigenvalue weighted by Gasteiger charge is -2.45. The molecule has 1 fully saturated rings. The first-order chi connectivity index (χ1) is 10.2. The molecule has 2 unspecified atom stereocenters. The van der Waals surface area contributed by atoms with E-state index in [0.29, 0.717) is 11.8 Å². The van der Waals surface area contributed by atoms with E-state index >= 15 is 0 Å². The van der Waals surface area contributed by atoms with Gasteiger partial charge in [-0.05, 0) is 49.3 Å². The molecular weight excluding hydrogens is 293 g/mol. The van der Waals surface area contributed by atoms with Crippen LogP contribution in [0, 0.1) is 11.8 Å². The van der Waals surface area contributed by atoms with Crippen LogP contribution in [0.1, 0.15) is 55.5 Å². The van der Waals surface area contributed by atoms with Crippen molar-refractivity contribution in [2.45, 2.75) is 51.3 Å². The number of carbonyl (C=O) groups excluding carboxylic acids is 1. The molecule has 5 heteroatoms. The minimum absolute atomic E-state index is 0.0902. The SMILES string of the molecule is CC1CC(C)CC2(CC(=O)c3ccc(C(F)(F)F)cc3O2)C1. The van der Waals surface area contributed by atoms with E-state index < -0.39 is 17.3 Å². The van der Waals surface area contributed by atoms with E-state index in [1.165, 1.54) is 6.07 Å². The Bertz CT molecular complexity index is 596. The zero-order chi connectivity index (χ0) is 16.1. The van der Waals surface area contributed by atoms with Crippen molar-refractivity contribution in [2.75, 3.05) is 0 Å². The van der Waals surface area contributed by atoms with E-state index in [4.69, 9.17) is 4.74 Å². The van der Waals surface area contributed by atoms with Gasteiger partial charge in [0, 0.05) is 0 Å². The van der Waals surface area contributed by atoms with Gasteiger partial charge in [0.1, 0.15) is 11.4 Å². The van der Waals surface area contributed by atoms with E-state index in [0.717, 1.165) is 31.4 Å². The Morgan fingerprint density at radius 1 is 1.18 bits per heavy atom. The third kappa shape index (κ3) is 2.73. The number of alkyl halides is 3. The van der Waals surface area contributed by atoms with Crippen LogP contribution >= 0.6 is 0 Å². The molecule has 0 amide bonds. The number of benzene rings is 1. The predicted molar refractivity (Wildman–Crippen MR) is 75.9 cm³/mol. The van der Waals surface area contributed by atoms with Gasteiger partial charge in [0.05, 0.1) is 17.5 Å². The topological polar surface area (TPSA) is 26.3 Å². The second-order valence-corrected chi connectivity index (χ2v) is 6.95. The van der Waals surface area contributed by atoms with Crippen LogP contribution in [0.4, 0.5) is 13.2 Å². The average Bonchev–Trinajstić information content (AvgIpc) is 2.34. The highest BCUT2D eigenvalue weighted by atomic mass is 19.4. The van der Waals surface area contributed by atoms with Crippen molar-refractivity contribution in [1.82, 2.24) is 0 Å². The van der Waals surface area contributed by atoms with Gasteiger partial charge in [-0.2, -0.15) is 13.2 Å². The van der Waals surface area contributed by atoms with Crippen molar-refractivity contribution in [1.29, 1.82) is 0 Å².